The van der Waals surface area contributed by atoms with Gasteiger partial charge in [0.05, 0.1) is 17.9 Å². The molecular weight excluding hydrogens is 228 g/mol. The molecule has 1 atom stereocenters. The molecule has 0 aliphatic rings. The van der Waals surface area contributed by atoms with Crippen molar-refractivity contribution in [3.63, 3.8) is 0 Å². The van der Waals surface area contributed by atoms with E-state index in [-0.39, 0.29) is 5.56 Å². The number of hydrogen-bond acceptors (Lipinski definition) is 4. The summed E-state index contributed by atoms with van der Waals surface area (Å²) in [5.74, 6) is 4.01. The number of nitrogens with one attached hydrogen (secondary N) is 1. The van der Waals surface area contributed by atoms with Crippen molar-refractivity contribution in [2.45, 2.75) is 6.04 Å². The van der Waals surface area contributed by atoms with Crippen molar-refractivity contribution in [3.8, 4) is 0 Å². The predicted octanol–water partition coefficient (Wildman–Crippen LogP) is 0.646. The lowest BCUT2D eigenvalue weighted by atomic mass is 10.0. The van der Waals surface area contributed by atoms with E-state index in [1.165, 1.54) is 29.1 Å². The molecule has 0 saturated heterocycles. The van der Waals surface area contributed by atoms with E-state index < -0.39 is 17.7 Å². The molecule has 1 heterocycles. The van der Waals surface area contributed by atoms with Crippen molar-refractivity contribution in [1.82, 2.24) is 20.4 Å². The minimum absolute atomic E-state index is 0.152. The van der Waals surface area contributed by atoms with Crippen molar-refractivity contribution >= 4 is 0 Å². The number of aryl methyl sites for hydroxylation is 1. The molecule has 2 rings (SSSR count). The molecule has 0 bridgehead atoms. The Morgan fingerprint density at radius 1 is 1.35 bits per heavy atom. The maximum atomic E-state index is 13.6. The summed E-state index contributed by atoms with van der Waals surface area (Å²) in [5, 5.41) is 7.34. The largest absolute Gasteiger partial charge is 0.271 e. The van der Waals surface area contributed by atoms with E-state index in [1.807, 2.05) is 0 Å². The van der Waals surface area contributed by atoms with Crippen molar-refractivity contribution in [2.24, 2.45) is 12.9 Å². The van der Waals surface area contributed by atoms with E-state index in [1.54, 1.807) is 7.05 Å². The molecule has 1 unspecified atom stereocenters. The molecule has 5 nitrogen and oxygen atoms in total. The zero-order chi connectivity index (χ0) is 12.4. The van der Waals surface area contributed by atoms with Crippen molar-refractivity contribution < 1.29 is 8.78 Å². The van der Waals surface area contributed by atoms with Crippen LogP contribution in [0.3, 0.4) is 0 Å². The fourth-order valence-corrected chi connectivity index (χ4v) is 1.66. The first kappa shape index (κ1) is 11.6. The number of rotatable bonds is 3. The van der Waals surface area contributed by atoms with Crippen LogP contribution in [0.2, 0.25) is 0 Å². The summed E-state index contributed by atoms with van der Waals surface area (Å²) in [7, 11) is 1.62. The van der Waals surface area contributed by atoms with Crippen LogP contribution in [0.1, 0.15) is 17.3 Å². The SMILES string of the molecule is Cn1nncc1C(NN)c1c(F)cccc1F. The van der Waals surface area contributed by atoms with Gasteiger partial charge in [-0.05, 0) is 12.1 Å². The molecule has 0 spiro atoms. The third kappa shape index (κ3) is 2.02. The van der Waals surface area contributed by atoms with E-state index in [0.717, 1.165) is 0 Å². The zero-order valence-electron chi connectivity index (χ0n) is 9.06. The van der Waals surface area contributed by atoms with Crippen molar-refractivity contribution in [2.75, 3.05) is 0 Å². The molecule has 0 amide bonds. The Balaban J connectivity index is 2.53. The number of halogens is 2. The highest BCUT2D eigenvalue weighted by Crippen LogP contribution is 2.25. The summed E-state index contributed by atoms with van der Waals surface area (Å²) < 4.78 is 28.7. The Bertz CT molecular complexity index is 505. The first-order valence-corrected chi connectivity index (χ1v) is 4.89. The van der Waals surface area contributed by atoms with Crippen LogP contribution in [0.25, 0.3) is 0 Å². The summed E-state index contributed by atoms with van der Waals surface area (Å²) in [6, 6.07) is 2.80. The van der Waals surface area contributed by atoms with E-state index in [9.17, 15) is 8.78 Å². The molecule has 0 aliphatic heterocycles. The molecule has 0 radical (unpaired) electrons. The van der Waals surface area contributed by atoms with Crippen LogP contribution in [0, 0.1) is 11.6 Å². The number of nitrogens with zero attached hydrogens (tertiary/aromatic N) is 3. The summed E-state index contributed by atoms with van der Waals surface area (Å²) >= 11 is 0. The average molecular weight is 239 g/mol. The van der Waals surface area contributed by atoms with Crippen LogP contribution in [0.15, 0.2) is 24.4 Å². The molecule has 0 saturated carbocycles. The fraction of sp³-hybridized carbons (Fsp3) is 0.200. The lowest BCUT2D eigenvalue weighted by molar-refractivity contribution is 0.492. The Morgan fingerprint density at radius 2 is 2.00 bits per heavy atom. The van der Waals surface area contributed by atoms with E-state index >= 15 is 0 Å². The highest BCUT2D eigenvalue weighted by molar-refractivity contribution is 5.29. The predicted molar refractivity (Wildman–Crippen MR) is 56.5 cm³/mol. The number of hydrazine groups is 1. The lowest BCUT2D eigenvalue weighted by Gasteiger charge is -2.17. The topological polar surface area (TPSA) is 68.8 Å². The fourth-order valence-electron chi connectivity index (χ4n) is 1.66. The maximum absolute atomic E-state index is 13.6. The van der Waals surface area contributed by atoms with Gasteiger partial charge in [-0.3, -0.25) is 10.5 Å². The molecular formula is C10H11F2N5. The van der Waals surface area contributed by atoms with Gasteiger partial charge >= 0.3 is 0 Å². The Labute approximate surface area is 96.2 Å². The molecule has 0 fully saturated rings. The number of aromatic nitrogens is 3. The van der Waals surface area contributed by atoms with E-state index in [2.05, 4.69) is 15.7 Å². The van der Waals surface area contributed by atoms with Gasteiger partial charge in [0.25, 0.3) is 0 Å². The van der Waals surface area contributed by atoms with Crippen LogP contribution < -0.4 is 11.3 Å². The normalized spacial score (nSPS) is 12.7. The Hall–Kier alpha value is -1.86. The van der Waals surface area contributed by atoms with Gasteiger partial charge in [-0.25, -0.2) is 14.2 Å². The van der Waals surface area contributed by atoms with Crippen LogP contribution in [-0.2, 0) is 7.05 Å². The Kier molecular flexibility index (Phi) is 3.12. The van der Waals surface area contributed by atoms with Gasteiger partial charge in [0.2, 0.25) is 0 Å². The standard InChI is InChI=1S/C10H11F2N5/c1-17-8(5-14-16-17)10(15-13)9-6(11)3-2-4-7(9)12/h2-5,10,15H,13H2,1H3. The van der Waals surface area contributed by atoms with Gasteiger partial charge in [0, 0.05) is 12.6 Å². The van der Waals surface area contributed by atoms with Crippen molar-refractivity contribution in [3.05, 3.63) is 47.3 Å². The van der Waals surface area contributed by atoms with Crippen molar-refractivity contribution in [1.29, 1.82) is 0 Å². The van der Waals surface area contributed by atoms with Crippen LogP contribution in [0.5, 0.6) is 0 Å². The second-order valence-electron chi connectivity index (χ2n) is 3.52. The first-order chi connectivity index (χ1) is 8.15. The summed E-state index contributed by atoms with van der Waals surface area (Å²) in [6.45, 7) is 0. The monoisotopic (exact) mass is 239 g/mol. The molecule has 3 N–H and O–H groups in total. The highest BCUT2D eigenvalue weighted by atomic mass is 19.1. The third-order valence-electron chi connectivity index (χ3n) is 2.50. The van der Waals surface area contributed by atoms with E-state index in [4.69, 9.17) is 5.84 Å². The molecule has 90 valence electrons. The van der Waals surface area contributed by atoms with Crippen LogP contribution in [0.4, 0.5) is 8.78 Å². The van der Waals surface area contributed by atoms with Gasteiger partial charge in [0.1, 0.15) is 11.6 Å². The summed E-state index contributed by atoms with van der Waals surface area (Å²) in [4.78, 5) is 0. The van der Waals surface area contributed by atoms with Gasteiger partial charge in [-0.2, -0.15) is 0 Å². The molecule has 1 aromatic carbocycles. The summed E-state index contributed by atoms with van der Waals surface area (Å²) in [5.41, 5.74) is 2.68. The smallest absolute Gasteiger partial charge is 0.131 e. The first-order valence-electron chi connectivity index (χ1n) is 4.89. The third-order valence-corrected chi connectivity index (χ3v) is 2.50. The van der Waals surface area contributed by atoms with E-state index in [0.29, 0.717) is 5.69 Å². The quantitative estimate of drug-likeness (QED) is 0.609. The van der Waals surface area contributed by atoms with Crippen LogP contribution in [-0.4, -0.2) is 15.0 Å². The minimum atomic E-state index is -0.837. The molecule has 0 aliphatic carbocycles. The highest BCUT2D eigenvalue weighted by Gasteiger charge is 2.23. The number of nitrogens with two attached hydrogens (primary N) is 1. The lowest BCUT2D eigenvalue weighted by Crippen LogP contribution is -2.31. The molecule has 7 heteroatoms. The van der Waals surface area contributed by atoms with Crippen LogP contribution >= 0.6 is 0 Å². The van der Waals surface area contributed by atoms with Gasteiger partial charge in [0.15, 0.2) is 0 Å². The minimum Gasteiger partial charge on any atom is -0.271 e. The summed E-state index contributed by atoms with van der Waals surface area (Å²) in [6.07, 6.45) is 1.40. The number of hydrogen-bond donors (Lipinski definition) is 2. The average Bonchev–Trinajstić information content (AvgIpc) is 2.70. The molecule has 1 aromatic heterocycles. The molecule has 2 aromatic rings. The Morgan fingerprint density at radius 3 is 2.47 bits per heavy atom. The van der Waals surface area contributed by atoms with Gasteiger partial charge in [-0.1, -0.05) is 11.3 Å². The maximum Gasteiger partial charge on any atom is 0.131 e. The zero-order valence-corrected chi connectivity index (χ0v) is 9.06. The second-order valence-corrected chi connectivity index (χ2v) is 3.52. The second kappa shape index (κ2) is 4.56. The molecule has 17 heavy (non-hydrogen) atoms. The van der Waals surface area contributed by atoms with Gasteiger partial charge in [-0.15, -0.1) is 5.10 Å². The number of benzene rings is 1. The van der Waals surface area contributed by atoms with Gasteiger partial charge < -0.3 is 0 Å².